The third-order valence-corrected chi connectivity index (χ3v) is 2.20. The number of likely N-dealkylation sites (N-methyl/N-ethyl adjacent to an activating group) is 1. The van der Waals surface area contributed by atoms with Crippen LogP contribution in [0.4, 0.5) is 11.5 Å². The molecule has 1 aromatic rings. The fourth-order valence-corrected chi connectivity index (χ4v) is 1.18. The summed E-state index contributed by atoms with van der Waals surface area (Å²) in [6.45, 7) is 3.65. The van der Waals surface area contributed by atoms with Gasteiger partial charge in [0.2, 0.25) is 0 Å². The van der Waals surface area contributed by atoms with Crippen LogP contribution in [0.5, 0.6) is 0 Å². The van der Waals surface area contributed by atoms with Crippen molar-refractivity contribution in [2.24, 2.45) is 0 Å². The van der Waals surface area contributed by atoms with E-state index in [1.54, 1.807) is 4.68 Å². The lowest BCUT2D eigenvalue weighted by Crippen LogP contribution is -2.37. The van der Waals surface area contributed by atoms with E-state index in [1.807, 2.05) is 6.92 Å². The predicted octanol–water partition coefficient (Wildman–Crippen LogP) is 0.0621. The third kappa shape index (κ3) is 2.38. The van der Waals surface area contributed by atoms with E-state index in [1.165, 1.54) is 0 Å². The molecule has 14 heavy (non-hydrogen) atoms. The van der Waals surface area contributed by atoms with Crippen LogP contribution in [0.15, 0.2) is 0 Å². The highest BCUT2D eigenvalue weighted by atomic mass is 15.4. The first-order valence-corrected chi connectivity index (χ1v) is 4.70. The van der Waals surface area contributed by atoms with Crippen molar-refractivity contribution < 1.29 is 4.48 Å². The minimum Gasteiger partial charge on any atom is -0.394 e. The number of quaternary nitrogens is 1. The number of nitrogens with two attached hydrogens (primary N) is 2. The molecule has 1 heterocycles. The van der Waals surface area contributed by atoms with Gasteiger partial charge in [-0.25, -0.2) is 4.68 Å². The highest BCUT2D eigenvalue weighted by Gasteiger charge is 2.12. The average Bonchev–Trinajstić information content (AvgIpc) is 2.28. The van der Waals surface area contributed by atoms with Crippen molar-refractivity contribution in [2.75, 3.05) is 39.2 Å². The van der Waals surface area contributed by atoms with Gasteiger partial charge in [0.1, 0.15) is 5.82 Å². The summed E-state index contributed by atoms with van der Waals surface area (Å²) in [5.74, 6) is 0.580. The van der Waals surface area contributed by atoms with E-state index in [2.05, 4.69) is 26.2 Å². The highest BCUT2D eigenvalue weighted by molar-refractivity contribution is 5.61. The number of hydrogen-bond donors (Lipinski definition) is 2. The van der Waals surface area contributed by atoms with Crippen molar-refractivity contribution in [2.45, 2.75) is 13.5 Å². The van der Waals surface area contributed by atoms with Gasteiger partial charge in [-0.3, -0.25) is 0 Å². The zero-order chi connectivity index (χ0) is 10.9. The van der Waals surface area contributed by atoms with Gasteiger partial charge >= 0.3 is 0 Å². The second-order valence-electron chi connectivity index (χ2n) is 4.62. The van der Waals surface area contributed by atoms with E-state index in [9.17, 15) is 0 Å². The molecule has 0 aromatic carbocycles. The number of aryl methyl sites for hydroxylation is 1. The van der Waals surface area contributed by atoms with Crippen molar-refractivity contribution in [3.05, 3.63) is 5.69 Å². The Labute approximate surface area is 84.9 Å². The highest BCUT2D eigenvalue weighted by Crippen LogP contribution is 2.17. The topological polar surface area (TPSA) is 69.9 Å². The molecule has 5 heteroatoms. The molecule has 80 valence electrons. The molecule has 0 spiro atoms. The fraction of sp³-hybridized carbons (Fsp3) is 0.667. The Morgan fingerprint density at radius 1 is 1.29 bits per heavy atom. The van der Waals surface area contributed by atoms with Crippen molar-refractivity contribution in [1.29, 1.82) is 0 Å². The molecule has 0 unspecified atom stereocenters. The number of anilines is 2. The minimum absolute atomic E-state index is 0.580. The average molecular weight is 198 g/mol. The smallest absolute Gasteiger partial charge is 0.145 e. The monoisotopic (exact) mass is 198 g/mol. The van der Waals surface area contributed by atoms with Crippen LogP contribution in [0.25, 0.3) is 0 Å². The molecule has 0 fully saturated rings. The second kappa shape index (κ2) is 3.49. The van der Waals surface area contributed by atoms with E-state index >= 15 is 0 Å². The molecule has 0 saturated heterocycles. The Hall–Kier alpha value is -1.23. The maximum Gasteiger partial charge on any atom is 0.145 e. The van der Waals surface area contributed by atoms with Gasteiger partial charge in [0.25, 0.3) is 0 Å². The van der Waals surface area contributed by atoms with Crippen LogP contribution in [0.3, 0.4) is 0 Å². The molecule has 0 bridgehead atoms. The van der Waals surface area contributed by atoms with Crippen LogP contribution in [0, 0.1) is 6.92 Å². The van der Waals surface area contributed by atoms with Gasteiger partial charge in [0.05, 0.1) is 45.6 Å². The SMILES string of the molecule is Cc1nn(CC[N+](C)(C)C)c(N)c1N. The van der Waals surface area contributed by atoms with Crippen molar-refractivity contribution in [3.8, 4) is 0 Å². The summed E-state index contributed by atoms with van der Waals surface area (Å²) >= 11 is 0. The largest absolute Gasteiger partial charge is 0.394 e. The van der Waals surface area contributed by atoms with Gasteiger partial charge in [0, 0.05) is 0 Å². The first-order valence-electron chi connectivity index (χ1n) is 4.70. The number of rotatable bonds is 3. The maximum atomic E-state index is 5.80. The lowest BCUT2D eigenvalue weighted by atomic mass is 10.4. The summed E-state index contributed by atoms with van der Waals surface area (Å²) in [5.41, 5.74) is 12.9. The number of aromatic nitrogens is 2. The van der Waals surface area contributed by atoms with E-state index in [0.717, 1.165) is 23.3 Å². The van der Waals surface area contributed by atoms with Gasteiger partial charge in [-0.05, 0) is 6.92 Å². The molecule has 0 saturated carbocycles. The lowest BCUT2D eigenvalue weighted by molar-refractivity contribution is -0.871. The van der Waals surface area contributed by atoms with Gasteiger partial charge in [-0.1, -0.05) is 0 Å². The van der Waals surface area contributed by atoms with Crippen LogP contribution in [-0.2, 0) is 6.54 Å². The lowest BCUT2D eigenvalue weighted by Gasteiger charge is -2.23. The Bertz CT molecular complexity index is 321. The molecular weight excluding hydrogens is 178 g/mol. The summed E-state index contributed by atoms with van der Waals surface area (Å²) in [5, 5.41) is 4.27. The molecule has 0 radical (unpaired) electrons. The maximum absolute atomic E-state index is 5.80. The van der Waals surface area contributed by atoms with Gasteiger partial charge in [-0.2, -0.15) is 5.10 Å². The summed E-state index contributed by atoms with van der Waals surface area (Å²) in [6, 6.07) is 0. The van der Waals surface area contributed by atoms with Gasteiger partial charge in [0.15, 0.2) is 0 Å². The summed E-state index contributed by atoms with van der Waals surface area (Å²) in [6.07, 6.45) is 0. The van der Waals surface area contributed by atoms with Crippen LogP contribution in [0.2, 0.25) is 0 Å². The molecule has 1 aromatic heterocycles. The number of nitrogens with zero attached hydrogens (tertiary/aromatic N) is 3. The van der Waals surface area contributed by atoms with Crippen molar-refractivity contribution in [1.82, 2.24) is 9.78 Å². The molecule has 1 rings (SSSR count). The van der Waals surface area contributed by atoms with Crippen LogP contribution in [0.1, 0.15) is 5.69 Å². The van der Waals surface area contributed by atoms with E-state index < -0.39 is 0 Å². The normalized spacial score (nSPS) is 12.0. The number of hydrogen-bond acceptors (Lipinski definition) is 3. The summed E-state index contributed by atoms with van der Waals surface area (Å²) in [4.78, 5) is 0. The van der Waals surface area contributed by atoms with Crippen LogP contribution >= 0.6 is 0 Å². The molecular formula is C9H20N5+. The van der Waals surface area contributed by atoms with E-state index in [-0.39, 0.29) is 0 Å². The fourth-order valence-electron chi connectivity index (χ4n) is 1.18. The summed E-state index contributed by atoms with van der Waals surface area (Å²) < 4.78 is 2.66. The Balaban J connectivity index is 2.73. The number of nitrogen functional groups attached to an aromatic ring is 2. The van der Waals surface area contributed by atoms with E-state index in [4.69, 9.17) is 11.5 Å². The minimum atomic E-state index is 0.580. The third-order valence-electron chi connectivity index (χ3n) is 2.20. The van der Waals surface area contributed by atoms with Gasteiger partial charge < -0.3 is 16.0 Å². The Kier molecular flexibility index (Phi) is 2.71. The predicted molar refractivity (Wildman–Crippen MR) is 58.7 cm³/mol. The first kappa shape index (κ1) is 10.8. The molecule has 4 N–H and O–H groups in total. The Morgan fingerprint density at radius 3 is 2.21 bits per heavy atom. The molecule has 0 aliphatic carbocycles. The molecule has 5 nitrogen and oxygen atoms in total. The molecule has 0 aliphatic heterocycles. The van der Waals surface area contributed by atoms with Crippen molar-refractivity contribution >= 4 is 11.5 Å². The second-order valence-corrected chi connectivity index (χ2v) is 4.62. The zero-order valence-corrected chi connectivity index (χ0v) is 9.41. The van der Waals surface area contributed by atoms with Crippen LogP contribution < -0.4 is 11.5 Å². The van der Waals surface area contributed by atoms with E-state index in [0.29, 0.717) is 11.5 Å². The van der Waals surface area contributed by atoms with Crippen LogP contribution in [-0.4, -0.2) is 42.0 Å². The quantitative estimate of drug-likeness (QED) is 0.675. The standard InChI is InChI=1S/C9H20N5/c1-7-8(10)9(11)13(12-7)5-6-14(2,3)4/h5-6,10-11H2,1-4H3/q+1. The van der Waals surface area contributed by atoms with Crippen molar-refractivity contribution in [3.63, 3.8) is 0 Å². The Morgan fingerprint density at radius 2 is 1.86 bits per heavy atom. The molecule has 0 amide bonds. The first-order chi connectivity index (χ1) is 6.31. The molecule has 0 aliphatic rings. The van der Waals surface area contributed by atoms with Gasteiger partial charge in [-0.15, -0.1) is 0 Å². The summed E-state index contributed by atoms with van der Waals surface area (Å²) in [7, 11) is 6.40. The molecule has 0 atom stereocenters. The zero-order valence-electron chi connectivity index (χ0n) is 9.41.